The third-order valence-electron chi connectivity index (χ3n) is 9.06. The summed E-state index contributed by atoms with van der Waals surface area (Å²) in [6, 6.07) is 23.0. The first-order chi connectivity index (χ1) is 21.8. The number of hydrogen-bond acceptors (Lipinski definition) is 6. The average molecular weight is 625 g/mol. The van der Waals surface area contributed by atoms with Gasteiger partial charge in [-0.15, -0.1) is 0 Å². The lowest BCUT2D eigenvalue weighted by molar-refractivity contribution is -0.135. The quantitative estimate of drug-likeness (QED) is 0.358. The number of fused-ring (bicyclic) bond motifs is 3. The maximum absolute atomic E-state index is 14.1. The number of allylic oxidation sites excluding steroid dienone is 1. The SMILES string of the molecule is CC(C)[C@@H]1COc2ccccc2C(=O)NC/C=C/CC2(CCN(CC(=O)N3c4ccccc4Sc4ccccc43)CC2)C(=O)N1. The van der Waals surface area contributed by atoms with E-state index in [0.29, 0.717) is 50.2 Å². The van der Waals surface area contributed by atoms with E-state index in [0.717, 1.165) is 21.2 Å². The molecule has 8 nitrogen and oxygen atoms in total. The fraction of sp³-hybridized carbons (Fsp3) is 0.361. The minimum atomic E-state index is -0.615. The second kappa shape index (κ2) is 13.5. The molecule has 1 saturated heterocycles. The van der Waals surface area contributed by atoms with Crippen molar-refractivity contribution >= 4 is 40.9 Å². The molecule has 0 radical (unpaired) electrons. The predicted octanol–water partition coefficient (Wildman–Crippen LogP) is 5.81. The van der Waals surface area contributed by atoms with Crippen molar-refractivity contribution in [3.63, 3.8) is 0 Å². The molecule has 45 heavy (non-hydrogen) atoms. The molecule has 3 heterocycles. The molecule has 0 unspecified atom stereocenters. The zero-order valence-corrected chi connectivity index (χ0v) is 26.6. The van der Waals surface area contributed by atoms with Gasteiger partial charge in [0.05, 0.1) is 34.9 Å². The smallest absolute Gasteiger partial charge is 0.255 e. The van der Waals surface area contributed by atoms with Crippen molar-refractivity contribution in [2.45, 2.75) is 48.9 Å². The Morgan fingerprint density at radius 3 is 2.27 bits per heavy atom. The average Bonchev–Trinajstić information content (AvgIpc) is 3.05. The van der Waals surface area contributed by atoms with Crippen molar-refractivity contribution in [2.24, 2.45) is 11.3 Å². The summed E-state index contributed by atoms with van der Waals surface area (Å²) >= 11 is 1.69. The van der Waals surface area contributed by atoms with E-state index in [2.05, 4.69) is 41.5 Å². The van der Waals surface area contributed by atoms with Gasteiger partial charge >= 0.3 is 0 Å². The Labute approximate surface area is 269 Å². The number of likely N-dealkylation sites (tertiary alicyclic amines) is 1. The van der Waals surface area contributed by atoms with E-state index in [1.807, 2.05) is 65.6 Å². The van der Waals surface area contributed by atoms with Gasteiger partial charge < -0.3 is 15.4 Å². The minimum absolute atomic E-state index is 0.0192. The molecule has 0 bridgehead atoms. The molecular weight excluding hydrogens is 584 g/mol. The highest BCUT2D eigenvalue weighted by Crippen LogP contribution is 2.48. The van der Waals surface area contributed by atoms with Crippen LogP contribution >= 0.6 is 11.8 Å². The maximum Gasteiger partial charge on any atom is 0.255 e. The maximum atomic E-state index is 14.1. The second-order valence-electron chi connectivity index (χ2n) is 12.3. The van der Waals surface area contributed by atoms with Crippen LogP contribution in [0.25, 0.3) is 0 Å². The zero-order valence-electron chi connectivity index (χ0n) is 25.8. The molecule has 0 aromatic heterocycles. The number of para-hydroxylation sites is 3. The number of carbonyl (C=O) groups excluding carboxylic acids is 3. The van der Waals surface area contributed by atoms with Crippen LogP contribution in [0, 0.1) is 11.3 Å². The summed E-state index contributed by atoms with van der Waals surface area (Å²) < 4.78 is 6.12. The highest BCUT2D eigenvalue weighted by atomic mass is 32.2. The van der Waals surface area contributed by atoms with Gasteiger partial charge in [0, 0.05) is 16.3 Å². The van der Waals surface area contributed by atoms with Crippen LogP contribution in [-0.4, -0.2) is 61.4 Å². The normalized spacial score (nSPS) is 21.0. The van der Waals surface area contributed by atoms with Crippen molar-refractivity contribution in [3.05, 3.63) is 90.5 Å². The molecule has 2 N–H and O–H groups in total. The third-order valence-corrected chi connectivity index (χ3v) is 10.2. The van der Waals surface area contributed by atoms with Crippen molar-refractivity contribution in [2.75, 3.05) is 37.7 Å². The van der Waals surface area contributed by atoms with Gasteiger partial charge in [0.1, 0.15) is 12.4 Å². The summed E-state index contributed by atoms with van der Waals surface area (Å²) in [7, 11) is 0. The third kappa shape index (κ3) is 6.65. The molecule has 9 heteroatoms. The number of nitrogens with one attached hydrogen (secondary N) is 2. The summed E-state index contributed by atoms with van der Waals surface area (Å²) in [6.07, 6.45) is 5.74. The first-order valence-electron chi connectivity index (χ1n) is 15.7. The molecule has 234 valence electrons. The van der Waals surface area contributed by atoms with Crippen LogP contribution in [0.5, 0.6) is 5.75 Å². The fourth-order valence-electron chi connectivity index (χ4n) is 6.22. The molecule has 3 aromatic carbocycles. The standard InChI is InChI=1S/C36H40N4O4S/c1-25(2)27-24-44-30-14-6-3-11-26(30)34(42)37-20-10-9-17-36(35(43)38-27)18-21-39(22-19-36)23-33(41)40-28-12-4-7-15-31(28)45-32-16-8-5-13-29(32)40/h3-16,25,27H,17-24H2,1-2H3,(H,37,42)(H,38,43)/b10-9+/t27-/m0/s1. The molecule has 1 fully saturated rings. The largest absolute Gasteiger partial charge is 0.491 e. The molecule has 3 amide bonds. The van der Waals surface area contributed by atoms with Crippen LogP contribution < -0.4 is 20.3 Å². The Morgan fingerprint density at radius 2 is 1.58 bits per heavy atom. The molecular formula is C36H40N4O4S. The lowest BCUT2D eigenvalue weighted by Crippen LogP contribution is -2.54. The van der Waals surface area contributed by atoms with Gasteiger partial charge in [0.25, 0.3) is 5.91 Å². The van der Waals surface area contributed by atoms with Gasteiger partial charge in [-0.3, -0.25) is 24.2 Å². The Morgan fingerprint density at radius 1 is 0.933 bits per heavy atom. The summed E-state index contributed by atoms with van der Waals surface area (Å²) in [5, 5.41) is 6.25. The van der Waals surface area contributed by atoms with Crippen LogP contribution in [-0.2, 0) is 9.59 Å². The lowest BCUT2D eigenvalue weighted by Gasteiger charge is -2.42. The number of ether oxygens (including phenoxy) is 1. The number of hydrogen-bond donors (Lipinski definition) is 2. The van der Waals surface area contributed by atoms with Gasteiger partial charge in [-0.05, 0) is 74.7 Å². The topological polar surface area (TPSA) is 91.0 Å². The van der Waals surface area contributed by atoms with Crippen LogP contribution in [0.4, 0.5) is 11.4 Å². The first kappa shape index (κ1) is 30.9. The number of amides is 3. The van der Waals surface area contributed by atoms with Crippen molar-refractivity contribution in [1.29, 1.82) is 0 Å². The molecule has 3 aromatic rings. The monoisotopic (exact) mass is 624 g/mol. The number of piperidine rings is 1. The highest BCUT2D eigenvalue weighted by molar-refractivity contribution is 7.99. The Hall–Kier alpha value is -4.08. The van der Waals surface area contributed by atoms with E-state index in [-0.39, 0.29) is 42.8 Å². The van der Waals surface area contributed by atoms with E-state index in [4.69, 9.17) is 4.74 Å². The van der Waals surface area contributed by atoms with Gasteiger partial charge in [-0.2, -0.15) is 0 Å². The van der Waals surface area contributed by atoms with Crippen LogP contribution in [0.2, 0.25) is 0 Å². The molecule has 6 rings (SSSR count). The summed E-state index contributed by atoms with van der Waals surface area (Å²) in [6.45, 7) is 6.28. The van der Waals surface area contributed by atoms with E-state index in [9.17, 15) is 14.4 Å². The van der Waals surface area contributed by atoms with E-state index in [1.54, 1.807) is 23.9 Å². The number of anilines is 2. The van der Waals surface area contributed by atoms with Gasteiger partial charge in [-0.1, -0.05) is 74.2 Å². The van der Waals surface area contributed by atoms with Crippen LogP contribution in [0.15, 0.2) is 94.7 Å². The first-order valence-corrected chi connectivity index (χ1v) is 16.5. The molecule has 0 saturated carbocycles. The zero-order chi connectivity index (χ0) is 31.4. The Balaban J connectivity index is 1.17. The molecule has 0 aliphatic carbocycles. The molecule has 3 aliphatic rings. The summed E-state index contributed by atoms with van der Waals surface area (Å²) in [5.41, 5.74) is 1.68. The van der Waals surface area contributed by atoms with Gasteiger partial charge in [-0.25, -0.2) is 0 Å². The predicted molar refractivity (Wildman–Crippen MR) is 177 cm³/mol. The summed E-state index contributed by atoms with van der Waals surface area (Å²) in [4.78, 5) is 47.0. The summed E-state index contributed by atoms with van der Waals surface area (Å²) in [5.74, 6) is 0.478. The van der Waals surface area contributed by atoms with Gasteiger partial charge in [0.15, 0.2) is 0 Å². The molecule has 3 aliphatic heterocycles. The fourth-order valence-corrected chi connectivity index (χ4v) is 7.28. The minimum Gasteiger partial charge on any atom is -0.491 e. The molecule has 1 spiro atoms. The van der Waals surface area contributed by atoms with Crippen molar-refractivity contribution in [1.82, 2.24) is 15.5 Å². The second-order valence-corrected chi connectivity index (χ2v) is 13.4. The number of nitrogens with zero attached hydrogens (tertiary/aromatic N) is 2. The molecule has 1 atom stereocenters. The number of benzene rings is 3. The van der Waals surface area contributed by atoms with Crippen molar-refractivity contribution in [3.8, 4) is 5.75 Å². The van der Waals surface area contributed by atoms with E-state index >= 15 is 0 Å². The highest BCUT2D eigenvalue weighted by Gasteiger charge is 2.42. The van der Waals surface area contributed by atoms with Crippen molar-refractivity contribution < 1.29 is 19.1 Å². The number of rotatable bonds is 3. The van der Waals surface area contributed by atoms with Gasteiger partial charge in [0.2, 0.25) is 11.8 Å². The van der Waals surface area contributed by atoms with Crippen LogP contribution in [0.3, 0.4) is 0 Å². The van der Waals surface area contributed by atoms with Crippen LogP contribution in [0.1, 0.15) is 43.5 Å². The Bertz CT molecular complexity index is 1550. The Kier molecular flexibility index (Phi) is 9.28. The van der Waals surface area contributed by atoms with E-state index in [1.165, 1.54) is 0 Å². The van der Waals surface area contributed by atoms with E-state index < -0.39 is 5.41 Å². The lowest BCUT2D eigenvalue weighted by atomic mass is 9.74. The number of carbonyl (C=O) groups is 3.